The van der Waals surface area contributed by atoms with Crippen LogP contribution < -0.4 is 9.64 Å². The quantitative estimate of drug-likeness (QED) is 0.396. The molecule has 4 aromatic rings. The van der Waals surface area contributed by atoms with E-state index in [0.717, 1.165) is 28.7 Å². The number of carbonyl (C=O) groups excluding carboxylic acids is 1. The second-order valence-electron chi connectivity index (χ2n) is 6.88. The van der Waals surface area contributed by atoms with Crippen molar-refractivity contribution < 1.29 is 9.53 Å². The maximum atomic E-state index is 13.4. The maximum Gasteiger partial charge on any atom is 0.260 e. The third-order valence-electron chi connectivity index (χ3n) is 4.84. The first-order valence-electron chi connectivity index (χ1n) is 9.54. The van der Waals surface area contributed by atoms with E-state index in [9.17, 15) is 4.79 Å². The number of benzene rings is 2. The molecule has 154 valence electrons. The van der Waals surface area contributed by atoms with Crippen molar-refractivity contribution in [3.63, 3.8) is 0 Å². The Hall–Kier alpha value is -2.90. The average Bonchev–Trinajstić information content (AvgIpc) is 3.44. The number of hydrogen-bond acceptors (Lipinski definition) is 5. The van der Waals surface area contributed by atoms with Gasteiger partial charge in [0.05, 0.1) is 28.7 Å². The van der Waals surface area contributed by atoms with Gasteiger partial charge in [0, 0.05) is 31.0 Å². The first-order chi connectivity index (χ1) is 14.6. The Bertz CT molecular complexity index is 1130. The van der Waals surface area contributed by atoms with Gasteiger partial charge in [0.2, 0.25) is 0 Å². The molecule has 0 aliphatic carbocycles. The first-order valence-corrected chi connectivity index (χ1v) is 10.7. The van der Waals surface area contributed by atoms with Gasteiger partial charge < -0.3 is 9.30 Å². The van der Waals surface area contributed by atoms with E-state index in [1.54, 1.807) is 36.7 Å². The van der Waals surface area contributed by atoms with Gasteiger partial charge in [-0.1, -0.05) is 35.1 Å². The monoisotopic (exact) mass is 440 g/mol. The minimum atomic E-state index is -0.118. The Balaban J connectivity index is 1.68. The fourth-order valence-electron chi connectivity index (χ4n) is 3.23. The summed E-state index contributed by atoms with van der Waals surface area (Å²) in [7, 11) is 1.59. The van der Waals surface area contributed by atoms with Crippen LogP contribution in [0.2, 0.25) is 5.02 Å². The number of carbonyl (C=O) groups is 1. The van der Waals surface area contributed by atoms with Crippen LogP contribution in [-0.2, 0) is 6.54 Å². The number of rotatable bonds is 7. The molecule has 0 aliphatic rings. The van der Waals surface area contributed by atoms with Crippen molar-refractivity contribution in [1.82, 2.24) is 14.5 Å². The summed E-state index contributed by atoms with van der Waals surface area (Å²) >= 11 is 7.83. The summed E-state index contributed by atoms with van der Waals surface area (Å²) in [5.41, 5.74) is 2.42. The van der Waals surface area contributed by atoms with Crippen LogP contribution in [0.5, 0.6) is 5.75 Å². The highest BCUT2D eigenvalue weighted by molar-refractivity contribution is 7.23. The van der Waals surface area contributed by atoms with Crippen LogP contribution >= 0.6 is 22.9 Å². The van der Waals surface area contributed by atoms with E-state index in [1.807, 2.05) is 42.0 Å². The number of fused-ring (bicyclic) bond motifs is 1. The Morgan fingerprint density at radius 2 is 2.17 bits per heavy atom. The molecule has 0 atom stereocenters. The SMILES string of the molecule is COc1cccc(C(=O)N(CCCn2ccnc2)c2nc3c(C)ccc(Cl)c3s2)c1. The molecule has 0 fully saturated rings. The van der Waals surface area contributed by atoms with Gasteiger partial charge in [-0.3, -0.25) is 9.69 Å². The van der Waals surface area contributed by atoms with Crippen LogP contribution in [0.4, 0.5) is 5.13 Å². The summed E-state index contributed by atoms with van der Waals surface area (Å²) in [6.07, 6.45) is 6.19. The second-order valence-corrected chi connectivity index (χ2v) is 8.27. The van der Waals surface area contributed by atoms with E-state index in [0.29, 0.717) is 28.0 Å². The van der Waals surface area contributed by atoms with Gasteiger partial charge in [0.25, 0.3) is 5.91 Å². The number of aromatic nitrogens is 3. The molecule has 2 aromatic heterocycles. The summed E-state index contributed by atoms with van der Waals surface area (Å²) in [5, 5.41) is 1.28. The minimum Gasteiger partial charge on any atom is -0.497 e. The molecule has 0 spiro atoms. The molecule has 4 rings (SSSR count). The predicted octanol–water partition coefficient (Wildman–Crippen LogP) is 5.20. The number of hydrogen-bond donors (Lipinski definition) is 0. The number of aryl methyl sites for hydroxylation is 2. The highest BCUT2D eigenvalue weighted by atomic mass is 35.5. The number of anilines is 1. The molecule has 6 nitrogen and oxygen atoms in total. The molecule has 2 heterocycles. The number of methoxy groups -OCH3 is 1. The molecule has 0 bridgehead atoms. The van der Waals surface area contributed by atoms with Crippen LogP contribution in [0.3, 0.4) is 0 Å². The maximum absolute atomic E-state index is 13.4. The number of thiazole rings is 1. The predicted molar refractivity (Wildman–Crippen MR) is 121 cm³/mol. The Morgan fingerprint density at radius 1 is 1.30 bits per heavy atom. The summed E-state index contributed by atoms with van der Waals surface area (Å²) in [6.45, 7) is 3.27. The van der Waals surface area contributed by atoms with E-state index < -0.39 is 0 Å². The van der Waals surface area contributed by atoms with E-state index in [-0.39, 0.29) is 5.91 Å². The van der Waals surface area contributed by atoms with Crippen molar-refractivity contribution in [2.24, 2.45) is 0 Å². The van der Waals surface area contributed by atoms with Crippen molar-refractivity contribution >= 4 is 44.2 Å². The molecule has 2 aromatic carbocycles. The fourth-order valence-corrected chi connectivity index (χ4v) is 4.57. The number of halogens is 1. The van der Waals surface area contributed by atoms with Crippen LogP contribution in [0.1, 0.15) is 22.3 Å². The molecule has 0 saturated carbocycles. The standard InChI is InChI=1S/C22H21ClN4O2S/c1-15-7-8-18(23)20-19(15)25-22(30-20)27(11-4-10-26-12-9-24-14-26)21(28)16-5-3-6-17(13-16)29-2/h3,5-9,12-14H,4,10-11H2,1-2H3. The van der Waals surface area contributed by atoms with Gasteiger partial charge in [-0.05, 0) is 43.2 Å². The highest BCUT2D eigenvalue weighted by Crippen LogP contribution is 2.36. The van der Waals surface area contributed by atoms with Gasteiger partial charge in [-0.2, -0.15) is 0 Å². The lowest BCUT2D eigenvalue weighted by Crippen LogP contribution is -2.32. The van der Waals surface area contributed by atoms with Gasteiger partial charge in [0.1, 0.15) is 5.75 Å². The van der Waals surface area contributed by atoms with Gasteiger partial charge >= 0.3 is 0 Å². The average molecular weight is 441 g/mol. The van der Waals surface area contributed by atoms with Crippen LogP contribution in [0.25, 0.3) is 10.2 Å². The molecule has 0 N–H and O–H groups in total. The number of nitrogens with zero attached hydrogens (tertiary/aromatic N) is 4. The number of amides is 1. The van der Waals surface area contributed by atoms with Crippen molar-refractivity contribution in [2.75, 3.05) is 18.6 Å². The zero-order chi connectivity index (χ0) is 21.1. The Labute approximate surface area is 183 Å². The van der Waals surface area contributed by atoms with Crippen molar-refractivity contribution in [3.8, 4) is 5.75 Å². The number of imidazole rings is 1. The van der Waals surface area contributed by atoms with Crippen LogP contribution in [-0.4, -0.2) is 34.1 Å². The molecule has 30 heavy (non-hydrogen) atoms. The lowest BCUT2D eigenvalue weighted by atomic mass is 10.2. The summed E-state index contributed by atoms with van der Waals surface area (Å²) in [4.78, 5) is 24.0. The largest absolute Gasteiger partial charge is 0.497 e. The molecule has 8 heteroatoms. The molecule has 0 saturated heterocycles. The topological polar surface area (TPSA) is 60.2 Å². The summed E-state index contributed by atoms with van der Waals surface area (Å²) in [5.74, 6) is 0.523. The summed E-state index contributed by atoms with van der Waals surface area (Å²) in [6, 6.07) is 11.0. The highest BCUT2D eigenvalue weighted by Gasteiger charge is 2.22. The third kappa shape index (κ3) is 4.17. The zero-order valence-corrected chi connectivity index (χ0v) is 18.3. The molecule has 0 radical (unpaired) electrons. The Kier molecular flexibility index (Phi) is 6.01. The lowest BCUT2D eigenvalue weighted by Gasteiger charge is -2.20. The van der Waals surface area contributed by atoms with Crippen molar-refractivity contribution in [2.45, 2.75) is 19.9 Å². The van der Waals surface area contributed by atoms with E-state index in [2.05, 4.69) is 4.98 Å². The minimum absolute atomic E-state index is 0.118. The second kappa shape index (κ2) is 8.85. The zero-order valence-electron chi connectivity index (χ0n) is 16.7. The summed E-state index contributed by atoms with van der Waals surface area (Å²) < 4.78 is 8.18. The Morgan fingerprint density at radius 3 is 2.90 bits per heavy atom. The molecule has 1 amide bonds. The fraction of sp³-hybridized carbons (Fsp3) is 0.227. The van der Waals surface area contributed by atoms with Crippen LogP contribution in [0, 0.1) is 6.92 Å². The van der Waals surface area contributed by atoms with Crippen molar-refractivity contribution in [3.05, 3.63) is 71.3 Å². The van der Waals surface area contributed by atoms with E-state index in [4.69, 9.17) is 21.3 Å². The number of ether oxygens (including phenoxy) is 1. The van der Waals surface area contributed by atoms with Crippen molar-refractivity contribution in [1.29, 1.82) is 0 Å². The van der Waals surface area contributed by atoms with Gasteiger partial charge in [-0.15, -0.1) is 0 Å². The lowest BCUT2D eigenvalue weighted by molar-refractivity contribution is 0.0986. The molecular weight excluding hydrogens is 420 g/mol. The van der Waals surface area contributed by atoms with Gasteiger partial charge in [-0.25, -0.2) is 9.97 Å². The first kappa shape index (κ1) is 20.4. The molecular formula is C22H21ClN4O2S. The molecule has 0 unspecified atom stereocenters. The molecule has 0 aliphatic heterocycles. The van der Waals surface area contributed by atoms with Gasteiger partial charge in [0.15, 0.2) is 5.13 Å². The third-order valence-corrected chi connectivity index (χ3v) is 6.37. The van der Waals surface area contributed by atoms with Crippen LogP contribution in [0.15, 0.2) is 55.1 Å². The normalized spacial score (nSPS) is 11.0. The van der Waals surface area contributed by atoms with E-state index in [1.165, 1.54) is 11.3 Å². The smallest absolute Gasteiger partial charge is 0.260 e. The van der Waals surface area contributed by atoms with E-state index >= 15 is 0 Å².